The van der Waals surface area contributed by atoms with Crippen molar-refractivity contribution in [2.24, 2.45) is 0 Å². The highest BCUT2D eigenvalue weighted by atomic mass is 32.2. The van der Waals surface area contributed by atoms with Crippen LogP contribution in [0.15, 0.2) is 82.1 Å². The van der Waals surface area contributed by atoms with Crippen LogP contribution in [0.5, 0.6) is 0 Å². The van der Waals surface area contributed by atoms with Gasteiger partial charge in [-0.15, -0.1) is 10.2 Å². The number of piperazine rings is 1. The second-order valence-electron chi connectivity index (χ2n) is 9.14. The van der Waals surface area contributed by atoms with E-state index in [2.05, 4.69) is 10.2 Å². The molecule has 1 aliphatic heterocycles. The van der Waals surface area contributed by atoms with E-state index in [1.54, 1.807) is 41.3 Å². The van der Waals surface area contributed by atoms with Crippen LogP contribution in [0.3, 0.4) is 0 Å². The first-order valence-corrected chi connectivity index (χ1v) is 13.6. The number of ketones is 1. The molecule has 0 spiro atoms. The summed E-state index contributed by atoms with van der Waals surface area (Å²) in [6.45, 7) is 4.25. The molecule has 9 nitrogen and oxygen atoms in total. The molecular formula is C28H26N4O5S. The number of aromatic nitrogens is 2. The average Bonchev–Trinajstić information content (AvgIpc) is 3.44. The Morgan fingerprint density at radius 3 is 1.95 bits per heavy atom. The summed E-state index contributed by atoms with van der Waals surface area (Å²) in [6.07, 6.45) is 0. The zero-order valence-corrected chi connectivity index (χ0v) is 21.8. The number of amides is 1. The predicted octanol–water partition coefficient (Wildman–Crippen LogP) is 4.06. The van der Waals surface area contributed by atoms with E-state index < -0.39 is 10.0 Å². The first-order valence-electron chi connectivity index (χ1n) is 12.1. The van der Waals surface area contributed by atoms with E-state index in [1.807, 2.05) is 31.2 Å². The van der Waals surface area contributed by atoms with Gasteiger partial charge < -0.3 is 9.32 Å². The lowest BCUT2D eigenvalue weighted by Gasteiger charge is -2.34. The summed E-state index contributed by atoms with van der Waals surface area (Å²) < 4.78 is 33.3. The van der Waals surface area contributed by atoms with Gasteiger partial charge in [-0.25, -0.2) is 8.42 Å². The summed E-state index contributed by atoms with van der Waals surface area (Å²) in [5, 5.41) is 8.25. The van der Waals surface area contributed by atoms with Crippen molar-refractivity contribution < 1.29 is 22.4 Å². The summed E-state index contributed by atoms with van der Waals surface area (Å²) in [5.74, 6) is 0.389. The topological polar surface area (TPSA) is 114 Å². The fourth-order valence-corrected chi connectivity index (χ4v) is 5.72. The molecule has 0 radical (unpaired) electrons. The molecule has 1 fully saturated rings. The number of rotatable bonds is 6. The van der Waals surface area contributed by atoms with Gasteiger partial charge in [0.1, 0.15) is 0 Å². The third kappa shape index (κ3) is 5.13. The molecule has 1 saturated heterocycles. The normalized spacial score (nSPS) is 14.4. The van der Waals surface area contributed by atoms with E-state index in [9.17, 15) is 18.0 Å². The number of nitrogens with zero attached hydrogens (tertiary/aromatic N) is 4. The molecule has 1 aromatic heterocycles. The van der Waals surface area contributed by atoms with Crippen molar-refractivity contribution in [2.75, 3.05) is 26.2 Å². The van der Waals surface area contributed by atoms with Gasteiger partial charge in [-0.05, 0) is 62.4 Å². The van der Waals surface area contributed by atoms with Crippen LogP contribution in [-0.4, -0.2) is 65.7 Å². The van der Waals surface area contributed by atoms with Crippen molar-refractivity contribution in [1.82, 2.24) is 19.4 Å². The molecule has 0 aliphatic carbocycles. The van der Waals surface area contributed by atoms with Gasteiger partial charge in [0.25, 0.3) is 5.91 Å². The third-order valence-corrected chi connectivity index (χ3v) is 8.40. The van der Waals surface area contributed by atoms with Crippen molar-refractivity contribution in [3.05, 3.63) is 89.5 Å². The number of Topliss-reactive ketones (excluding diaryl/α,β-unsaturated/α-hetero) is 1. The van der Waals surface area contributed by atoms with E-state index in [0.717, 1.165) is 11.1 Å². The molecule has 194 valence electrons. The van der Waals surface area contributed by atoms with E-state index in [4.69, 9.17) is 4.42 Å². The number of hydrogen-bond donors (Lipinski definition) is 0. The fraction of sp³-hybridized carbons (Fsp3) is 0.214. The highest BCUT2D eigenvalue weighted by Crippen LogP contribution is 2.25. The van der Waals surface area contributed by atoms with Gasteiger partial charge in [0, 0.05) is 48.4 Å². The molecule has 5 rings (SSSR count). The monoisotopic (exact) mass is 530 g/mol. The Morgan fingerprint density at radius 1 is 0.789 bits per heavy atom. The van der Waals surface area contributed by atoms with Crippen LogP contribution in [0.4, 0.5) is 0 Å². The fourth-order valence-electron chi connectivity index (χ4n) is 4.25. The minimum Gasteiger partial charge on any atom is -0.416 e. The maximum absolute atomic E-state index is 13.1. The number of sulfonamides is 1. The number of carbonyl (C=O) groups is 2. The number of carbonyl (C=O) groups excluding carboxylic acids is 2. The highest BCUT2D eigenvalue weighted by Gasteiger charge is 2.30. The van der Waals surface area contributed by atoms with Crippen LogP contribution in [0.2, 0.25) is 0 Å². The summed E-state index contributed by atoms with van der Waals surface area (Å²) in [5.41, 5.74) is 3.48. The van der Waals surface area contributed by atoms with E-state index >= 15 is 0 Å². The van der Waals surface area contributed by atoms with Crippen LogP contribution >= 0.6 is 0 Å². The van der Waals surface area contributed by atoms with Crippen molar-refractivity contribution in [1.29, 1.82) is 0 Å². The Labute approximate surface area is 220 Å². The highest BCUT2D eigenvalue weighted by molar-refractivity contribution is 7.89. The Balaban J connectivity index is 1.23. The third-order valence-electron chi connectivity index (χ3n) is 6.51. The maximum atomic E-state index is 13.1. The molecule has 10 heteroatoms. The van der Waals surface area contributed by atoms with Crippen LogP contribution in [0.1, 0.15) is 33.2 Å². The van der Waals surface area contributed by atoms with Gasteiger partial charge in [-0.3, -0.25) is 9.59 Å². The van der Waals surface area contributed by atoms with Crippen LogP contribution in [-0.2, 0) is 10.0 Å². The average molecular weight is 531 g/mol. The molecule has 38 heavy (non-hydrogen) atoms. The number of hydrogen-bond acceptors (Lipinski definition) is 7. The Hall–Kier alpha value is -4.15. The second-order valence-corrected chi connectivity index (χ2v) is 11.1. The van der Waals surface area contributed by atoms with Crippen LogP contribution in [0.25, 0.3) is 22.9 Å². The molecule has 0 atom stereocenters. The first-order chi connectivity index (χ1) is 18.2. The van der Waals surface area contributed by atoms with E-state index in [1.165, 1.54) is 23.4 Å². The van der Waals surface area contributed by atoms with Gasteiger partial charge in [0.2, 0.25) is 21.8 Å². The number of benzene rings is 3. The largest absolute Gasteiger partial charge is 0.416 e. The zero-order valence-electron chi connectivity index (χ0n) is 21.0. The maximum Gasteiger partial charge on any atom is 0.253 e. The molecule has 4 aromatic rings. The number of aryl methyl sites for hydroxylation is 1. The van der Waals surface area contributed by atoms with Crippen LogP contribution < -0.4 is 0 Å². The predicted molar refractivity (Wildman–Crippen MR) is 141 cm³/mol. The molecular weight excluding hydrogens is 504 g/mol. The lowest BCUT2D eigenvalue weighted by molar-refractivity contribution is 0.0697. The first kappa shape index (κ1) is 25.5. The van der Waals surface area contributed by atoms with Crippen LogP contribution in [0, 0.1) is 6.92 Å². The standard InChI is InChI=1S/C28H26N4O5S/c1-19-6-8-21(9-7-19)26-29-30-27(37-26)22-10-12-23(13-11-22)28(34)31-14-16-32(17-15-31)38(35,36)25-5-3-4-24(18-25)20(2)33/h3-13,18H,14-17H2,1-2H3. The summed E-state index contributed by atoms with van der Waals surface area (Å²) in [7, 11) is -3.77. The minimum atomic E-state index is -3.77. The Morgan fingerprint density at radius 2 is 1.37 bits per heavy atom. The zero-order chi connectivity index (χ0) is 26.9. The lowest BCUT2D eigenvalue weighted by Crippen LogP contribution is -2.50. The molecule has 1 aliphatic rings. The Kier molecular flexibility index (Phi) is 6.92. The van der Waals surface area contributed by atoms with Gasteiger partial charge in [-0.2, -0.15) is 4.31 Å². The van der Waals surface area contributed by atoms with Gasteiger partial charge in [0.05, 0.1) is 4.90 Å². The van der Waals surface area contributed by atoms with Crippen molar-refractivity contribution in [3.8, 4) is 22.9 Å². The summed E-state index contributed by atoms with van der Waals surface area (Å²) in [4.78, 5) is 26.5. The lowest BCUT2D eigenvalue weighted by atomic mass is 10.1. The van der Waals surface area contributed by atoms with Crippen molar-refractivity contribution in [3.63, 3.8) is 0 Å². The molecule has 2 heterocycles. The molecule has 0 N–H and O–H groups in total. The molecule has 3 aromatic carbocycles. The van der Waals surface area contributed by atoms with Crippen molar-refractivity contribution in [2.45, 2.75) is 18.7 Å². The molecule has 1 amide bonds. The molecule has 0 saturated carbocycles. The van der Waals surface area contributed by atoms with Gasteiger partial charge in [-0.1, -0.05) is 29.8 Å². The second kappa shape index (κ2) is 10.3. The van der Waals surface area contributed by atoms with Gasteiger partial charge >= 0.3 is 0 Å². The van der Waals surface area contributed by atoms with E-state index in [-0.39, 0.29) is 42.8 Å². The minimum absolute atomic E-state index is 0.0760. The molecule has 0 unspecified atom stereocenters. The van der Waals surface area contributed by atoms with Gasteiger partial charge in [0.15, 0.2) is 5.78 Å². The summed E-state index contributed by atoms with van der Waals surface area (Å²) in [6, 6.07) is 20.7. The quantitative estimate of drug-likeness (QED) is 0.345. The van der Waals surface area contributed by atoms with Crippen molar-refractivity contribution >= 4 is 21.7 Å². The Bertz CT molecular complexity index is 1590. The summed E-state index contributed by atoms with van der Waals surface area (Å²) >= 11 is 0. The SMILES string of the molecule is CC(=O)c1cccc(S(=O)(=O)N2CCN(C(=O)c3ccc(-c4nnc(-c5ccc(C)cc5)o4)cc3)CC2)c1. The molecule has 0 bridgehead atoms. The van der Waals surface area contributed by atoms with E-state index in [0.29, 0.717) is 28.5 Å². The smallest absolute Gasteiger partial charge is 0.253 e.